The first-order valence-electron chi connectivity index (χ1n) is 48.9. The molecule has 0 saturated carbocycles. The molecular weight excluding hydrogens is 1780 g/mol. The molecule has 26 aromatic rings. The number of anilines is 15. The van der Waals surface area contributed by atoms with Gasteiger partial charge in [0.2, 0.25) is 0 Å². The summed E-state index contributed by atoms with van der Waals surface area (Å²) in [6.45, 7) is 4.27. The third-order valence-electron chi connectivity index (χ3n) is 30.6. The van der Waals surface area contributed by atoms with Gasteiger partial charge in [-0.15, -0.1) is 0 Å². The molecule has 698 valence electrons. The highest BCUT2D eigenvalue weighted by Gasteiger charge is 2.56. The van der Waals surface area contributed by atoms with E-state index in [0.29, 0.717) is 0 Å². The van der Waals surface area contributed by atoms with Crippen molar-refractivity contribution in [2.75, 3.05) is 24.5 Å². The Kier molecular flexibility index (Phi) is 21.1. The highest BCUT2D eigenvalue weighted by atomic mass is 16.3. The van der Waals surface area contributed by atoms with E-state index in [4.69, 9.17) is 13.3 Å². The Morgan fingerprint density at radius 2 is 0.452 bits per heavy atom. The first-order chi connectivity index (χ1) is 70.4. The van der Waals surface area contributed by atoms with Crippen LogP contribution >= 0.6 is 0 Å². The second-order valence-corrected chi connectivity index (χ2v) is 37.9. The Balaban J connectivity index is 0.000000155. The van der Waals surface area contributed by atoms with Crippen LogP contribution in [0.25, 0.3) is 131 Å². The number of nitrogens with zero attached hydrogens (tertiary/aromatic N) is 5. The quantitative estimate of drug-likeness (QED) is 0.127. The van der Waals surface area contributed by atoms with Crippen molar-refractivity contribution < 1.29 is 13.3 Å². The van der Waals surface area contributed by atoms with Crippen LogP contribution < -0.4 is 24.5 Å². The number of furan rings is 3. The predicted molar refractivity (Wildman–Crippen MR) is 616 cm³/mol. The summed E-state index contributed by atoms with van der Waals surface area (Å²) < 4.78 is 21.0. The SMILES string of the molecule is C.C.C.C.Cc1cccc2c1oc1c(N(c3ccccc3)c3cc4c(c5ccccc35)-c3c(cc(N(c5ccccc5)c5cccc6c5oc5c(C)cccc56)c5ccccc35)C43c4ccccc4N(c4ccccc4)c4ccccc43)cccc12.c1ccc(N2c3ccccc3C3(c4ccccc42)c2ccc4ccccc4c2-c2c3cc(N(c3ccccc3)c3cccc4c3oc3ccccc34)c3ccccc23)cc1. The summed E-state index contributed by atoms with van der Waals surface area (Å²) in [5, 5.41) is 16.1. The van der Waals surface area contributed by atoms with E-state index < -0.39 is 10.8 Å². The molecule has 0 N–H and O–H groups in total. The van der Waals surface area contributed by atoms with Crippen molar-refractivity contribution in [2.24, 2.45) is 0 Å². The van der Waals surface area contributed by atoms with Gasteiger partial charge in [0.1, 0.15) is 16.7 Å². The zero-order valence-corrected chi connectivity index (χ0v) is 77.7. The van der Waals surface area contributed by atoms with Crippen LogP contribution in [-0.4, -0.2) is 0 Å². The normalized spacial score (nSPS) is 12.9. The second kappa shape index (κ2) is 34.7. The van der Waals surface area contributed by atoms with Gasteiger partial charge in [-0.05, 0) is 246 Å². The molecule has 2 spiro atoms. The molecule has 5 heterocycles. The van der Waals surface area contributed by atoms with Gasteiger partial charge in [0.25, 0.3) is 0 Å². The van der Waals surface area contributed by atoms with Crippen LogP contribution in [0.3, 0.4) is 0 Å². The molecule has 2 aliphatic carbocycles. The van der Waals surface area contributed by atoms with Crippen LogP contribution in [0.5, 0.6) is 0 Å². The van der Waals surface area contributed by atoms with Crippen molar-refractivity contribution in [3.05, 3.63) is 547 Å². The average molecular weight is 1880 g/mol. The first kappa shape index (κ1) is 88.9. The Hall–Kier alpha value is -18.5. The smallest absolute Gasteiger partial charge is 0.159 e. The number of aryl methyl sites for hydroxylation is 2. The van der Waals surface area contributed by atoms with Crippen LogP contribution in [0.2, 0.25) is 0 Å². The molecule has 2 aliphatic heterocycles. The number of benzene rings is 23. The lowest BCUT2D eigenvalue weighted by molar-refractivity contribution is 0.665. The van der Waals surface area contributed by atoms with Crippen LogP contribution in [0.4, 0.5) is 85.3 Å². The molecule has 0 bridgehead atoms. The monoisotopic (exact) mass is 1880 g/mol. The van der Waals surface area contributed by atoms with Crippen LogP contribution in [-0.2, 0) is 10.8 Å². The molecule has 30 rings (SSSR count). The average Bonchev–Trinajstić information content (AvgIpc) is 1.49. The van der Waals surface area contributed by atoms with Gasteiger partial charge in [0.15, 0.2) is 16.7 Å². The maximum Gasteiger partial charge on any atom is 0.159 e. The molecule has 0 amide bonds. The summed E-state index contributed by atoms with van der Waals surface area (Å²) in [7, 11) is 0. The Morgan fingerprint density at radius 3 is 0.829 bits per heavy atom. The van der Waals surface area contributed by atoms with E-state index in [0.717, 1.165) is 162 Å². The topological polar surface area (TPSA) is 55.6 Å². The van der Waals surface area contributed by atoms with Crippen LogP contribution in [0.15, 0.2) is 505 Å². The molecule has 0 fully saturated rings. The van der Waals surface area contributed by atoms with Gasteiger partial charge in [-0.2, -0.15) is 0 Å². The number of fused-ring (bicyclic) bond motifs is 35. The first-order valence-corrected chi connectivity index (χ1v) is 48.9. The van der Waals surface area contributed by atoms with E-state index >= 15 is 0 Å². The second-order valence-electron chi connectivity index (χ2n) is 37.9. The largest absolute Gasteiger partial charge is 0.454 e. The van der Waals surface area contributed by atoms with E-state index in [2.05, 4.69) is 524 Å². The number of hydrogen-bond donors (Lipinski definition) is 0. The molecular formula is C138H103N5O3. The summed E-state index contributed by atoms with van der Waals surface area (Å²) >= 11 is 0. The standard InChI is InChI=1S/C77H51N3O2.C57H36N2O.4CH4/c1-48-24-20-36-57-59-38-22-44-67(75(59)81-73(48)57)79(51-28-8-4-9-29-51)69-46-63-71(55-34-14-12-32-53(55)69)72-56-35-15-13-33-54(56)70(80(52-30-10-5-11-31-52)68-45-23-39-60-58-37-21-25-49(2)74(58)82-76(60)68)47-64(72)77(63)61-40-16-18-42-65(61)78(50-26-6-3-7-27-50)66-43-19-17-41-62(66)77;1-3-19-38(20-4-1)58-49-30-14-12-28-45(49)57(46-29-13-15-31-50(46)58)47-35-34-37-18-7-8-23-40(37)54(47)55-43-26-10-9-24-41(43)52(36-48(55)57)59(39-21-5-2-6-22-39)51-32-17-27-44-42-25-11-16-33-53(42)60-56(44)51;;;;/h3-47H,1-2H3;1-36H;4*1H4. The highest BCUT2D eigenvalue weighted by molar-refractivity contribution is 6.24. The van der Waals surface area contributed by atoms with Crippen molar-refractivity contribution in [1.29, 1.82) is 0 Å². The van der Waals surface area contributed by atoms with E-state index in [1.165, 1.54) is 110 Å². The van der Waals surface area contributed by atoms with Crippen molar-refractivity contribution in [1.82, 2.24) is 0 Å². The van der Waals surface area contributed by atoms with Crippen LogP contribution in [0, 0.1) is 13.8 Å². The van der Waals surface area contributed by atoms with Gasteiger partial charge in [-0.1, -0.05) is 394 Å². The number of para-hydroxylation sites is 15. The number of hydrogen-bond acceptors (Lipinski definition) is 8. The zero-order valence-electron chi connectivity index (χ0n) is 77.7. The van der Waals surface area contributed by atoms with Crippen LogP contribution in [0.1, 0.15) is 85.3 Å². The fourth-order valence-electron chi connectivity index (χ4n) is 24.9. The van der Waals surface area contributed by atoms with E-state index in [1.54, 1.807) is 0 Å². The third kappa shape index (κ3) is 12.7. The molecule has 146 heavy (non-hydrogen) atoms. The maximum atomic E-state index is 7.10. The van der Waals surface area contributed by atoms with Crippen molar-refractivity contribution >= 4 is 194 Å². The summed E-state index contributed by atoms with van der Waals surface area (Å²) in [4.78, 5) is 12.3. The molecule has 0 saturated heterocycles. The lowest BCUT2D eigenvalue weighted by atomic mass is 9.64. The highest BCUT2D eigenvalue weighted by Crippen LogP contribution is 2.70. The zero-order chi connectivity index (χ0) is 93.6. The maximum absolute atomic E-state index is 7.10. The number of rotatable bonds is 11. The van der Waals surface area contributed by atoms with Gasteiger partial charge in [-0.25, -0.2) is 0 Å². The van der Waals surface area contributed by atoms with E-state index in [9.17, 15) is 0 Å². The van der Waals surface area contributed by atoms with Gasteiger partial charge in [0, 0.05) is 76.9 Å². The minimum absolute atomic E-state index is 0. The predicted octanol–water partition coefficient (Wildman–Crippen LogP) is 39.5. The molecule has 4 aliphatic rings. The molecule has 3 aromatic heterocycles. The van der Waals surface area contributed by atoms with E-state index in [1.807, 2.05) is 6.07 Å². The Bertz CT molecular complexity index is 9360. The fraction of sp³-hybridized carbons (Fsp3) is 0.0580. The molecule has 0 unspecified atom stereocenters. The minimum Gasteiger partial charge on any atom is -0.454 e. The fourth-order valence-corrected chi connectivity index (χ4v) is 24.9. The lowest BCUT2D eigenvalue weighted by Gasteiger charge is -2.45. The minimum atomic E-state index is -0.879. The summed E-state index contributed by atoms with van der Waals surface area (Å²) in [5.41, 5.74) is 37.0. The van der Waals surface area contributed by atoms with Crippen molar-refractivity contribution in [3.8, 4) is 22.3 Å². The van der Waals surface area contributed by atoms with Crippen molar-refractivity contribution in [2.45, 2.75) is 54.4 Å². The van der Waals surface area contributed by atoms with Gasteiger partial charge in [-0.3, -0.25) is 0 Å². The Morgan fingerprint density at radius 1 is 0.185 bits per heavy atom. The summed E-state index contributed by atoms with van der Waals surface area (Å²) in [6, 6.07) is 180. The van der Waals surface area contributed by atoms with Gasteiger partial charge in [0.05, 0.1) is 67.7 Å². The van der Waals surface area contributed by atoms with E-state index in [-0.39, 0.29) is 29.7 Å². The molecule has 8 nitrogen and oxygen atoms in total. The third-order valence-corrected chi connectivity index (χ3v) is 30.6. The molecule has 8 heteroatoms. The molecule has 23 aromatic carbocycles. The van der Waals surface area contributed by atoms with Crippen molar-refractivity contribution in [3.63, 3.8) is 0 Å². The molecule has 0 atom stereocenters. The van der Waals surface area contributed by atoms with Gasteiger partial charge >= 0.3 is 0 Å². The molecule has 0 radical (unpaired) electrons. The summed E-state index contributed by atoms with van der Waals surface area (Å²) in [5.74, 6) is 0. The summed E-state index contributed by atoms with van der Waals surface area (Å²) in [6.07, 6.45) is 0. The van der Waals surface area contributed by atoms with Gasteiger partial charge < -0.3 is 37.8 Å². The lowest BCUT2D eigenvalue weighted by Crippen LogP contribution is -2.36. The Labute approximate surface area is 849 Å².